The highest BCUT2D eigenvalue weighted by molar-refractivity contribution is 5.16. The molecule has 104 valence electrons. The minimum atomic E-state index is 0.714. The van der Waals surface area contributed by atoms with Gasteiger partial charge in [-0.3, -0.25) is 0 Å². The summed E-state index contributed by atoms with van der Waals surface area (Å²) >= 11 is 0. The predicted molar refractivity (Wildman–Crippen MR) is 85.3 cm³/mol. The Labute approximate surface area is 119 Å². The monoisotopic (exact) mass is 256 g/mol. The van der Waals surface area contributed by atoms with E-state index in [1.54, 1.807) is 0 Å². The van der Waals surface area contributed by atoms with Gasteiger partial charge in [0.15, 0.2) is 0 Å². The van der Waals surface area contributed by atoms with E-state index in [0.29, 0.717) is 5.92 Å². The van der Waals surface area contributed by atoms with E-state index in [0.717, 1.165) is 12.8 Å². The SMILES string of the molecule is CCCCC(C=C=C(C)CCc1ccccc1)CC. The second-order valence-electron chi connectivity index (χ2n) is 5.39. The Hall–Kier alpha value is -1.26. The van der Waals surface area contributed by atoms with E-state index < -0.39 is 0 Å². The van der Waals surface area contributed by atoms with Gasteiger partial charge in [-0.25, -0.2) is 0 Å². The summed E-state index contributed by atoms with van der Waals surface area (Å²) < 4.78 is 0. The molecule has 0 saturated heterocycles. The van der Waals surface area contributed by atoms with Crippen LogP contribution in [0.2, 0.25) is 0 Å². The van der Waals surface area contributed by atoms with Crippen molar-refractivity contribution in [3.05, 3.63) is 53.3 Å². The van der Waals surface area contributed by atoms with Crippen molar-refractivity contribution >= 4 is 0 Å². The quantitative estimate of drug-likeness (QED) is 0.505. The first kappa shape index (κ1) is 15.8. The van der Waals surface area contributed by atoms with Crippen LogP contribution >= 0.6 is 0 Å². The molecule has 1 atom stereocenters. The molecule has 0 heterocycles. The van der Waals surface area contributed by atoms with Gasteiger partial charge in [-0.2, -0.15) is 0 Å². The Morgan fingerprint density at radius 3 is 2.58 bits per heavy atom. The van der Waals surface area contributed by atoms with Crippen molar-refractivity contribution in [2.24, 2.45) is 5.92 Å². The van der Waals surface area contributed by atoms with Crippen LogP contribution < -0.4 is 0 Å². The standard InChI is InChI=1S/C19H28/c1-4-6-10-18(5-2)15-13-17(3)14-16-19-11-8-7-9-12-19/h7-9,11-12,15,18H,4-6,10,14,16H2,1-3H3. The zero-order valence-electron chi connectivity index (χ0n) is 12.8. The summed E-state index contributed by atoms with van der Waals surface area (Å²) in [6.07, 6.45) is 9.71. The molecule has 0 heteroatoms. The van der Waals surface area contributed by atoms with Gasteiger partial charge in [0.05, 0.1) is 0 Å². The maximum Gasteiger partial charge on any atom is -0.0160 e. The van der Waals surface area contributed by atoms with E-state index in [9.17, 15) is 0 Å². The molecule has 0 bridgehead atoms. The van der Waals surface area contributed by atoms with Crippen molar-refractivity contribution in [2.45, 2.75) is 59.3 Å². The highest BCUT2D eigenvalue weighted by Gasteiger charge is 2.00. The summed E-state index contributed by atoms with van der Waals surface area (Å²) in [5.74, 6) is 0.714. The molecule has 0 aliphatic rings. The lowest BCUT2D eigenvalue weighted by Crippen LogP contribution is -1.93. The average molecular weight is 256 g/mol. The van der Waals surface area contributed by atoms with Crippen LogP contribution in [0, 0.1) is 5.92 Å². The van der Waals surface area contributed by atoms with Crippen molar-refractivity contribution in [1.29, 1.82) is 0 Å². The van der Waals surface area contributed by atoms with Gasteiger partial charge in [-0.15, -0.1) is 5.73 Å². The van der Waals surface area contributed by atoms with E-state index in [-0.39, 0.29) is 0 Å². The fourth-order valence-electron chi connectivity index (χ4n) is 2.18. The lowest BCUT2D eigenvalue weighted by atomic mass is 9.98. The fourth-order valence-corrected chi connectivity index (χ4v) is 2.18. The highest BCUT2D eigenvalue weighted by atomic mass is 14.0. The minimum Gasteiger partial charge on any atom is -0.126 e. The Bertz CT molecular complexity index is 393. The number of hydrogen-bond donors (Lipinski definition) is 0. The van der Waals surface area contributed by atoms with Crippen LogP contribution in [-0.2, 0) is 6.42 Å². The molecule has 1 aromatic carbocycles. The second-order valence-corrected chi connectivity index (χ2v) is 5.39. The number of aryl methyl sites for hydroxylation is 1. The first-order chi connectivity index (χ1) is 9.26. The van der Waals surface area contributed by atoms with Crippen LogP contribution in [0.5, 0.6) is 0 Å². The highest BCUT2D eigenvalue weighted by Crippen LogP contribution is 2.14. The molecule has 1 unspecified atom stereocenters. The predicted octanol–water partition coefficient (Wildman–Crippen LogP) is 5.94. The van der Waals surface area contributed by atoms with Crippen LogP contribution in [0.3, 0.4) is 0 Å². The van der Waals surface area contributed by atoms with Gasteiger partial charge in [-0.1, -0.05) is 57.0 Å². The average Bonchev–Trinajstić information content (AvgIpc) is 2.46. The van der Waals surface area contributed by atoms with E-state index in [1.165, 1.54) is 36.8 Å². The first-order valence-corrected chi connectivity index (χ1v) is 7.72. The lowest BCUT2D eigenvalue weighted by Gasteiger charge is -2.07. The molecular formula is C19H28. The molecule has 1 aromatic rings. The molecule has 0 N–H and O–H groups in total. The fraction of sp³-hybridized carbons (Fsp3) is 0.526. The third-order valence-electron chi connectivity index (χ3n) is 3.65. The summed E-state index contributed by atoms with van der Waals surface area (Å²) in [6.45, 7) is 6.74. The Morgan fingerprint density at radius 2 is 1.95 bits per heavy atom. The lowest BCUT2D eigenvalue weighted by molar-refractivity contribution is 0.540. The van der Waals surface area contributed by atoms with Gasteiger partial charge in [0, 0.05) is 0 Å². The van der Waals surface area contributed by atoms with Gasteiger partial charge < -0.3 is 0 Å². The third kappa shape index (κ3) is 7.03. The number of rotatable bonds is 8. The molecular weight excluding hydrogens is 228 g/mol. The molecule has 0 aliphatic carbocycles. The van der Waals surface area contributed by atoms with Crippen LogP contribution in [-0.4, -0.2) is 0 Å². The van der Waals surface area contributed by atoms with E-state index in [2.05, 4.69) is 62.9 Å². The topological polar surface area (TPSA) is 0 Å². The summed E-state index contributed by atoms with van der Waals surface area (Å²) in [7, 11) is 0. The first-order valence-electron chi connectivity index (χ1n) is 7.72. The number of allylic oxidation sites excluding steroid dienone is 1. The maximum atomic E-state index is 3.50. The van der Waals surface area contributed by atoms with Crippen LogP contribution in [0.4, 0.5) is 0 Å². The normalized spacial score (nSPS) is 11.7. The Morgan fingerprint density at radius 1 is 1.21 bits per heavy atom. The molecule has 19 heavy (non-hydrogen) atoms. The zero-order valence-corrected chi connectivity index (χ0v) is 12.8. The van der Waals surface area contributed by atoms with Crippen molar-refractivity contribution in [2.75, 3.05) is 0 Å². The van der Waals surface area contributed by atoms with Crippen LogP contribution in [0.25, 0.3) is 0 Å². The third-order valence-corrected chi connectivity index (χ3v) is 3.65. The molecule has 0 fully saturated rings. The number of hydrogen-bond acceptors (Lipinski definition) is 0. The largest absolute Gasteiger partial charge is 0.126 e. The molecule has 1 rings (SSSR count). The summed E-state index contributed by atoms with van der Waals surface area (Å²) in [5, 5.41) is 0. The van der Waals surface area contributed by atoms with Gasteiger partial charge >= 0.3 is 0 Å². The van der Waals surface area contributed by atoms with Gasteiger partial charge in [0.2, 0.25) is 0 Å². The molecule has 0 radical (unpaired) electrons. The van der Waals surface area contributed by atoms with Crippen molar-refractivity contribution in [1.82, 2.24) is 0 Å². The Balaban J connectivity index is 2.46. The molecule has 0 saturated carbocycles. The molecule has 0 amide bonds. The van der Waals surface area contributed by atoms with Gasteiger partial charge in [-0.05, 0) is 55.7 Å². The van der Waals surface area contributed by atoms with Gasteiger partial charge in [0.1, 0.15) is 0 Å². The van der Waals surface area contributed by atoms with E-state index in [1.807, 2.05) is 0 Å². The summed E-state index contributed by atoms with van der Waals surface area (Å²) in [6, 6.07) is 10.7. The number of benzene rings is 1. The van der Waals surface area contributed by atoms with E-state index >= 15 is 0 Å². The molecule has 0 nitrogen and oxygen atoms in total. The molecule has 0 aromatic heterocycles. The van der Waals surface area contributed by atoms with Crippen molar-refractivity contribution < 1.29 is 0 Å². The minimum absolute atomic E-state index is 0.714. The smallest absolute Gasteiger partial charge is 0.0160 e. The van der Waals surface area contributed by atoms with E-state index in [4.69, 9.17) is 0 Å². The maximum absolute atomic E-state index is 3.50. The van der Waals surface area contributed by atoms with Crippen molar-refractivity contribution in [3.8, 4) is 0 Å². The van der Waals surface area contributed by atoms with Gasteiger partial charge in [0.25, 0.3) is 0 Å². The summed E-state index contributed by atoms with van der Waals surface area (Å²) in [4.78, 5) is 0. The molecule has 0 spiro atoms. The van der Waals surface area contributed by atoms with Crippen LogP contribution in [0.1, 0.15) is 58.4 Å². The Kier molecular flexibility index (Phi) is 8.02. The molecule has 0 aliphatic heterocycles. The summed E-state index contributed by atoms with van der Waals surface area (Å²) in [5.41, 5.74) is 6.30. The number of unbranched alkanes of at least 4 members (excludes halogenated alkanes) is 1. The van der Waals surface area contributed by atoms with Crippen LogP contribution in [0.15, 0.2) is 47.7 Å². The zero-order chi connectivity index (χ0) is 13.9. The second kappa shape index (κ2) is 9.64. The van der Waals surface area contributed by atoms with Crippen molar-refractivity contribution in [3.63, 3.8) is 0 Å².